The number of fused-ring (bicyclic) bond motifs is 1. The number of H-pyrrole nitrogens is 1. The summed E-state index contributed by atoms with van der Waals surface area (Å²) in [7, 11) is 1.23. The molecule has 2 N–H and O–H groups in total. The van der Waals surface area contributed by atoms with Crippen LogP contribution in [-0.4, -0.2) is 23.2 Å². The number of aromatic hydroxyl groups is 1. The highest BCUT2D eigenvalue weighted by molar-refractivity contribution is 6.08. The average molecular weight is 230 g/mol. The summed E-state index contributed by atoms with van der Waals surface area (Å²) >= 11 is 0. The third-order valence-corrected chi connectivity index (χ3v) is 2.63. The molecule has 0 unspecified atom stereocenters. The fourth-order valence-corrected chi connectivity index (χ4v) is 1.86. The van der Waals surface area contributed by atoms with Gasteiger partial charge >= 0.3 is 5.97 Å². The number of nitrogens with one attached hydrogen (secondary N) is 1. The summed E-state index contributed by atoms with van der Waals surface area (Å²) in [6, 6.07) is 5.03. The molecule has 0 fully saturated rings. The number of carbonyl (C=O) groups excluding carboxylic acids is 1. The van der Waals surface area contributed by atoms with Crippen LogP contribution in [0.5, 0.6) is 5.75 Å². The summed E-state index contributed by atoms with van der Waals surface area (Å²) in [6.07, 6.45) is 0. The maximum absolute atomic E-state index is 11.6. The minimum atomic E-state index is -0.663. The number of methoxy groups -OCH3 is 1. The van der Waals surface area contributed by atoms with Gasteiger partial charge in [-0.25, -0.2) is 4.79 Å². The van der Waals surface area contributed by atoms with Crippen LogP contribution in [0.25, 0.3) is 10.9 Å². The fourth-order valence-electron chi connectivity index (χ4n) is 1.86. The second kappa shape index (κ2) is 3.83. The van der Waals surface area contributed by atoms with Crippen molar-refractivity contribution in [2.75, 3.05) is 7.11 Å². The molecule has 1 aromatic heterocycles. The minimum Gasteiger partial charge on any atom is -0.507 e. The average Bonchev–Trinajstić information content (AvgIpc) is 2.63. The lowest BCUT2D eigenvalue weighted by atomic mass is 10.0. The van der Waals surface area contributed by atoms with Gasteiger partial charge in [0.05, 0.1) is 12.7 Å². The predicted octanol–water partition coefficient (Wildman–Crippen LogP) is 1.84. The Bertz CT molecular complexity index is 650. The van der Waals surface area contributed by atoms with E-state index in [4.69, 9.17) is 5.26 Å². The standard InChI is InChI=1S/C12H10N2O3/c1-6-7(5-13)10-8(14-6)3-4-9(15)11(10)12(16)17-2/h3-4,14-15H,1-2H3. The van der Waals surface area contributed by atoms with Crippen LogP contribution in [0.1, 0.15) is 21.6 Å². The molecule has 2 aromatic rings. The first-order valence-corrected chi connectivity index (χ1v) is 4.92. The molecule has 0 spiro atoms. The number of carbonyl (C=O) groups is 1. The Morgan fingerprint density at radius 2 is 2.24 bits per heavy atom. The number of nitrogens with zero attached hydrogens (tertiary/aromatic N) is 1. The van der Waals surface area contributed by atoms with E-state index in [1.165, 1.54) is 13.2 Å². The molecule has 1 aromatic carbocycles. The lowest BCUT2D eigenvalue weighted by Gasteiger charge is -2.04. The molecule has 0 bridgehead atoms. The first-order chi connectivity index (χ1) is 8.10. The van der Waals surface area contributed by atoms with Crippen molar-refractivity contribution in [3.63, 3.8) is 0 Å². The van der Waals surface area contributed by atoms with E-state index < -0.39 is 5.97 Å². The monoisotopic (exact) mass is 230 g/mol. The second-order valence-electron chi connectivity index (χ2n) is 3.61. The molecular weight excluding hydrogens is 220 g/mol. The highest BCUT2D eigenvalue weighted by Gasteiger charge is 2.21. The molecule has 1 heterocycles. The molecule has 5 nitrogen and oxygen atoms in total. The largest absolute Gasteiger partial charge is 0.507 e. The second-order valence-corrected chi connectivity index (χ2v) is 3.61. The van der Waals surface area contributed by atoms with E-state index in [0.717, 1.165) is 0 Å². The van der Waals surface area contributed by atoms with Crippen LogP contribution in [0.3, 0.4) is 0 Å². The van der Waals surface area contributed by atoms with Crippen LogP contribution in [-0.2, 0) is 4.74 Å². The van der Waals surface area contributed by atoms with E-state index in [9.17, 15) is 9.90 Å². The van der Waals surface area contributed by atoms with Crippen LogP contribution in [0.4, 0.5) is 0 Å². The van der Waals surface area contributed by atoms with E-state index in [2.05, 4.69) is 9.72 Å². The van der Waals surface area contributed by atoms with Crippen LogP contribution >= 0.6 is 0 Å². The van der Waals surface area contributed by atoms with Crippen LogP contribution in [0.2, 0.25) is 0 Å². The number of aryl methyl sites for hydroxylation is 1. The Hall–Kier alpha value is -2.48. The molecule has 0 aliphatic rings. The molecule has 2 rings (SSSR count). The summed E-state index contributed by atoms with van der Waals surface area (Å²) in [5.41, 5.74) is 1.64. The predicted molar refractivity (Wildman–Crippen MR) is 60.8 cm³/mol. The number of hydrogen-bond donors (Lipinski definition) is 2. The topological polar surface area (TPSA) is 86.1 Å². The van der Waals surface area contributed by atoms with Gasteiger partial charge in [0, 0.05) is 16.6 Å². The maximum atomic E-state index is 11.6. The summed E-state index contributed by atoms with van der Waals surface area (Å²) in [4.78, 5) is 14.6. The molecule has 0 aliphatic heterocycles. The number of esters is 1. The number of aromatic nitrogens is 1. The van der Waals surface area contributed by atoms with Gasteiger partial charge in [-0.2, -0.15) is 5.26 Å². The molecule has 17 heavy (non-hydrogen) atoms. The number of ether oxygens (including phenoxy) is 1. The van der Waals surface area contributed by atoms with Gasteiger partial charge in [-0.15, -0.1) is 0 Å². The first-order valence-electron chi connectivity index (χ1n) is 4.92. The van der Waals surface area contributed by atoms with Gasteiger partial charge < -0.3 is 14.8 Å². The number of phenolic OH excluding ortho intramolecular Hbond substituents is 1. The van der Waals surface area contributed by atoms with Crippen LogP contribution in [0, 0.1) is 18.3 Å². The molecule has 0 aliphatic carbocycles. The van der Waals surface area contributed by atoms with E-state index in [1.54, 1.807) is 13.0 Å². The molecule has 0 radical (unpaired) electrons. The van der Waals surface area contributed by atoms with Crippen molar-refractivity contribution in [1.29, 1.82) is 5.26 Å². The molecule has 0 saturated carbocycles. The van der Waals surface area contributed by atoms with Crippen molar-refractivity contribution in [1.82, 2.24) is 4.98 Å². The SMILES string of the molecule is COC(=O)c1c(O)ccc2[nH]c(C)c(C#N)c12. The summed E-state index contributed by atoms with van der Waals surface area (Å²) in [5.74, 6) is -0.858. The quantitative estimate of drug-likeness (QED) is 0.732. The van der Waals surface area contributed by atoms with Crippen LogP contribution in [0.15, 0.2) is 12.1 Å². The van der Waals surface area contributed by atoms with Gasteiger partial charge in [0.1, 0.15) is 17.4 Å². The van der Waals surface area contributed by atoms with Gasteiger partial charge in [-0.1, -0.05) is 0 Å². The highest BCUT2D eigenvalue weighted by atomic mass is 16.5. The lowest BCUT2D eigenvalue weighted by Crippen LogP contribution is -2.02. The summed E-state index contributed by atoms with van der Waals surface area (Å²) in [5, 5.41) is 19.2. The normalized spacial score (nSPS) is 10.2. The van der Waals surface area contributed by atoms with Gasteiger partial charge in [-0.3, -0.25) is 0 Å². The fraction of sp³-hybridized carbons (Fsp3) is 0.167. The lowest BCUT2D eigenvalue weighted by molar-refractivity contribution is 0.0600. The molecule has 0 atom stereocenters. The van der Waals surface area contributed by atoms with Crippen LogP contribution < -0.4 is 0 Å². The Balaban J connectivity index is 2.94. The Morgan fingerprint density at radius 1 is 1.53 bits per heavy atom. The Morgan fingerprint density at radius 3 is 2.82 bits per heavy atom. The van der Waals surface area contributed by atoms with Crippen molar-refractivity contribution in [2.45, 2.75) is 6.92 Å². The minimum absolute atomic E-state index is 0.0194. The van der Waals surface area contributed by atoms with E-state index in [1.807, 2.05) is 6.07 Å². The van der Waals surface area contributed by atoms with Crippen molar-refractivity contribution in [3.05, 3.63) is 29.0 Å². The zero-order chi connectivity index (χ0) is 12.6. The maximum Gasteiger partial charge on any atom is 0.342 e. The zero-order valence-corrected chi connectivity index (χ0v) is 9.37. The third kappa shape index (κ3) is 1.51. The summed E-state index contributed by atoms with van der Waals surface area (Å²) in [6.45, 7) is 1.73. The molecule has 5 heteroatoms. The molecule has 86 valence electrons. The third-order valence-electron chi connectivity index (χ3n) is 2.63. The zero-order valence-electron chi connectivity index (χ0n) is 9.37. The number of rotatable bonds is 1. The van der Waals surface area contributed by atoms with Crippen molar-refractivity contribution in [3.8, 4) is 11.8 Å². The van der Waals surface area contributed by atoms with E-state index >= 15 is 0 Å². The van der Waals surface area contributed by atoms with Crippen molar-refractivity contribution < 1.29 is 14.6 Å². The number of phenols is 1. The van der Waals surface area contributed by atoms with Gasteiger partial charge in [0.2, 0.25) is 0 Å². The van der Waals surface area contributed by atoms with E-state index in [-0.39, 0.29) is 11.3 Å². The number of aromatic amines is 1. The summed E-state index contributed by atoms with van der Waals surface area (Å²) < 4.78 is 4.61. The molecule has 0 saturated heterocycles. The first kappa shape index (κ1) is 11.0. The van der Waals surface area contributed by atoms with Gasteiger partial charge in [-0.05, 0) is 19.1 Å². The number of benzene rings is 1. The molecular formula is C12H10N2O3. The van der Waals surface area contributed by atoms with E-state index in [0.29, 0.717) is 22.2 Å². The Kier molecular flexibility index (Phi) is 2.48. The smallest absolute Gasteiger partial charge is 0.342 e. The van der Waals surface area contributed by atoms with Gasteiger partial charge in [0.15, 0.2) is 0 Å². The molecule has 0 amide bonds. The number of hydrogen-bond acceptors (Lipinski definition) is 4. The highest BCUT2D eigenvalue weighted by Crippen LogP contribution is 2.31. The van der Waals surface area contributed by atoms with Crippen molar-refractivity contribution >= 4 is 16.9 Å². The van der Waals surface area contributed by atoms with Gasteiger partial charge in [0.25, 0.3) is 0 Å². The number of nitriles is 1. The Labute approximate surface area is 97.2 Å². The van der Waals surface area contributed by atoms with Crippen molar-refractivity contribution in [2.24, 2.45) is 0 Å².